The van der Waals surface area contributed by atoms with Crippen molar-refractivity contribution < 1.29 is 19.0 Å². The largest absolute Gasteiger partial charge is 0.486 e. The lowest BCUT2D eigenvalue weighted by atomic mass is 10.2. The molecule has 2 atom stereocenters. The Morgan fingerprint density at radius 3 is 2.92 bits per heavy atom. The molecule has 1 aromatic heterocycles. The molecule has 2 heterocycles. The zero-order chi connectivity index (χ0) is 17.3. The number of carbonyl (C=O) groups is 1. The van der Waals surface area contributed by atoms with E-state index in [4.69, 9.17) is 4.74 Å². The second-order valence-electron chi connectivity index (χ2n) is 5.88. The van der Waals surface area contributed by atoms with Crippen LogP contribution >= 0.6 is 0 Å². The first kappa shape index (κ1) is 16.4. The van der Waals surface area contributed by atoms with E-state index >= 15 is 0 Å². The van der Waals surface area contributed by atoms with E-state index in [1.54, 1.807) is 28.8 Å². The molecular formula is C17H20FN3O3. The first-order chi connectivity index (χ1) is 11.5. The number of β-amino-alcohol motifs (C(OH)–C–C–N with tert-alkyl or cyclic N) is 1. The Bertz CT molecular complexity index is 746. The van der Waals surface area contributed by atoms with Gasteiger partial charge in [-0.25, -0.2) is 4.39 Å². The number of ether oxygens (including phenoxy) is 1. The maximum absolute atomic E-state index is 13.2. The van der Waals surface area contributed by atoms with Gasteiger partial charge in [0.25, 0.3) is 5.91 Å². The molecule has 0 bridgehead atoms. The van der Waals surface area contributed by atoms with Crippen LogP contribution in [0.5, 0.6) is 5.75 Å². The van der Waals surface area contributed by atoms with Crippen LogP contribution in [0, 0.1) is 12.7 Å². The number of nitrogens with zero attached hydrogens (tertiary/aromatic N) is 3. The molecule has 0 spiro atoms. The molecule has 1 aliphatic heterocycles. The van der Waals surface area contributed by atoms with Crippen LogP contribution in [0.3, 0.4) is 0 Å². The first-order valence-corrected chi connectivity index (χ1v) is 7.91. The molecule has 1 aliphatic rings. The zero-order valence-electron chi connectivity index (χ0n) is 13.6. The predicted octanol–water partition coefficient (Wildman–Crippen LogP) is 1.61. The van der Waals surface area contributed by atoms with E-state index in [-0.39, 0.29) is 19.0 Å². The third kappa shape index (κ3) is 3.26. The molecule has 1 saturated heterocycles. The number of likely N-dealkylation sites (tertiary alicyclic amines) is 1. The number of carbonyl (C=O) groups excluding carboxylic acids is 1. The summed E-state index contributed by atoms with van der Waals surface area (Å²) >= 11 is 0. The lowest BCUT2D eigenvalue weighted by Crippen LogP contribution is -2.31. The molecular weight excluding hydrogens is 313 g/mol. The Labute approximate surface area is 139 Å². The average molecular weight is 333 g/mol. The van der Waals surface area contributed by atoms with Crippen LogP contribution in [0.2, 0.25) is 0 Å². The molecule has 1 fully saturated rings. The van der Waals surface area contributed by atoms with Crippen molar-refractivity contribution in [1.29, 1.82) is 0 Å². The fourth-order valence-corrected chi connectivity index (χ4v) is 2.81. The molecule has 1 N–H and O–H groups in total. The molecule has 128 valence electrons. The van der Waals surface area contributed by atoms with Gasteiger partial charge in [0.2, 0.25) is 0 Å². The van der Waals surface area contributed by atoms with Gasteiger partial charge in [-0.05, 0) is 26.0 Å². The van der Waals surface area contributed by atoms with Crippen LogP contribution in [0.25, 0.3) is 0 Å². The molecule has 0 aliphatic carbocycles. The second kappa shape index (κ2) is 6.60. The fourth-order valence-electron chi connectivity index (χ4n) is 2.81. The van der Waals surface area contributed by atoms with Crippen LogP contribution in [0.1, 0.15) is 23.0 Å². The Morgan fingerprint density at radius 1 is 1.46 bits per heavy atom. The number of aliphatic hydroxyl groups is 1. The summed E-state index contributed by atoms with van der Waals surface area (Å²) in [5, 5.41) is 14.4. The van der Waals surface area contributed by atoms with E-state index < -0.39 is 18.0 Å². The minimum Gasteiger partial charge on any atom is -0.486 e. The van der Waals surface area contributed by atoms with E-state index in [0.717, 1.165) is 0 Å². The van der Waals surface area contributed by atoms with Gasteiger partial charge in [0, 0.05) is 18.8 Å². The normalized spacial score (nSPS) is 20.4. The number of aromatic nitrogens is 2. The number of halogens is 1. The van der Waals surface area contributed by atoms with Crippen molar-refractivity contribution in [3.8, 4) is 5.75 Å². The predicted molar refractivity (Wildman–Crippen MR) is 85.4 cm³/mol. The van der Waals surface area contributed by atoms with E-state index in [9.17, 15) is 14.3 Å². The molecule has 0 saturated carbocycles. The maximum atomic E-state index is 13.2. The van der Waals surface area contributed by atoms with Gasteiger partial charge in [0.1, 0.15) is 23.8 Å². The number of benzene rings is 1. The molecule has 6 nitrogen and oxygen atoms in total. The lowest BCUT2D eigenvalue weighted by Gasteiger charge is -2.17. The second-order valence-corrected chi connectivity index (χ2v) is 5.88. The van der Waals surface area contributed by atoms with Gasteiger partial charge in [-0.15, -0.1) is 0 Å². The van der Waals surface area contributed by atoms with E-state index in [2.05, 4.69) is 5.10 Å². The van der Waals surface area contributed by atoms with Gasteiger partial charge in [0.15, 0.2) is 0 Å². The topological polar surface area (TPSA) is 67.6 Å². The summed E-state index contributed by atoms with van der Waals surface area (Å²) in [6, 6.07) is 5.74. The van der Waals surface area contributed by atoms with Crippen molar-refractivity contribution >= 4 is 5.91 Å². The van der Waals surface area contributed by atoms with Gasteiger partial charge in [0.05, 0.1) is 24.3 Å². The Balaban J connectivity index is 1.70. The number of hydrogen-bond acceptors (Lipinski definition) is 4. The maximum Gasteiger partial charge on any atom is 0.257 e. The SMILES string of the molecule is CCn1cc(C(=O)N2C[C@@H](O)[C@H](Oc3cccc(F)c3)C2)c(C)n1. The minimum atomic E-state index is -0.821. The summed E-state index contributed by atoms with van der Waals surface area (Å²) < 4.78 is 20.6. The summed E-state index contributed by atoms with van der Waals surface area (Å²) in [6.45, 7) is 4.83. The third-order valence-electron chi connectivity index (χ3n) is 4.11. The highest BCUT2D eigenvalue weighted by molar-refractivity contribution is 5.95. The summed E-state index contributed by atoms with van der Waals surface area (Å²) in [5.74, 6) is -0.254. The molecule has 3 rings (SSSR count). The van der Waals surface area contributed by atoms with Crippen LogP contribution in [0.4, 0.5) is 4.39 Å². The Hall–Kier alpha value is -2.41. The van der Waals surface area contributed by atoms with Crippen molar-refractivity contribution in [1.82, 2.24) is 14.7 Å². The molecule has 0 radical (unpaired) electrons. The number of amides is 1. The highest BCUT2D eigenvalue weighted by atomic mass is 19.1. The Kier molecular flexibility index (Phi) is 4.53. The lowest BCUT2D eigenvalue weighted by molar-refractivity contribution is 0.0728. The monoisotopic (exact) mass is 333 g/mol. The van der Waals surface area contributed by atoms with Gasteiger partial charge >= 0.3 is 0 Å². The minimum absolute atomic E-state index is 0.176. The number of aryl methyl sites for hydroxylation is 2. The number of rotatable bonds is 4. The molecule has 0 unspecified atom stereocenters. The number of aliphatic hydroxyl groups excluding tert-OH is 1. The molecule has 1 aromatic carbocycles. The third-order valence-corrected chi connectivity index (χ3v) is 4.11. The fraction of sp³-hybridized carbons (Fsp3) is 0.412. The zero-order valence-corrected chi connectivity index (χ0v) is 13.6. The molecule has 1 amide bonds. The van der Waals surface area contributed by atoms with Crippen LogP contribution in [-0.4, -0.2) is 51.0 Å². The van der Waals surface area contributed by atoms with Crippen LogP contribution in [0.15, 0.2) is 30.5 Å². The van der Waals surface area contributed by atoms with Crippen molar-refractivity contribution in [3.63, 3.8) is 0 Å². The molecule has 2 aromatic rings. The van der Waals surface area contributed by atoms with E-state index in [0.29, 0.717) is 23.6 Å². The van der Waals surface area contributed by atoms with Gasteiger partial charge in [-0.3, -0.25) is 9.48 Å². The van der Waals surface area contributed by atoms with E-state index in [1.807, 2.05) is 6.92 Å². The highest BCUT2D eigenvalue weighted by Crippen LogP contribution is 2.21. The summed E-state index contributed by atoms with van der Waals surface area (Å²) in [6.07, 6.45) is 0.307. The van der Waals surface area contributed by atoms with Gasteiger partial charge in [-0.1, -0.05) is 6.07 Å². The van der Waals surface area contributed by atoms with Crippen LogP contribution < -0.4 is 4.74 Å². The van der Waals surface area contributed by atoms with Crippen LogP contribution in [-0.2, 0) is 6.54 Å². The smallest absolute Gasteiger partial charge is 0.257 e. The first-order valence-electron chi connectivity index (χ1n) is 7.91. The van der Waals surface area contributed by atoms with Crippen molar-refractivity contribution in [2.45, 2.75) is 32.6 Å². The van der Waals surface area contributed by atoms with E-state index in [1.165, 1.54) is 18.2 Å². The molecule has 7 heteroatoms. The highest BCUT2D eigenvalue weighted by Gasteiger charge is 2.36. The number of hydrogen-bond donors (Lipinski definition) is 1. The van der Waals surface area contributed by atoms with Crippen molar-refractivity contribution in [2.75, 3.05) is 13.1 Å². The quantitative estimate of drug-likeness (QED) is 0.923. The Morgan fingerprint density at radius 2 is 2.25 bits per heavy atom. The summed E-state index contributed by atoms with van der Waals surface area (Å²) in [4.78, 5) is 14.2. The standard InChI is InChI=1S/C17H20FN3O3/c1-3-21-8-14(11(2)19-21)17(23)20-9-15(22)16(10-20)24-13-6-4-5-12(18)7-13/h4-8,15-16,22H,3,9-10H2,1-2H3/t15-,16-/m1/s1. The van der Waals surface area contributed by atoms with Crippen molar-refractivity contribution in [2.24, 2.45) is 0 Å². The summed E-state index contributed by atoms with van der Waals surface area (Å²) in [7, 11) is 0. The van der Waals surface area contributed by atoms with Gasteiger partial charge < -0.3 is 14.7 Å². The molecule has 24 heavy (non-hydrogen) atoms. The van der Waals surface area contributed by atoms with Gasteiger partial charge in [-0.2, -0.15) is 5.10 Å². The average Bonchev–Trinajstić information content (AvgIpc) is 3.10. The van der Waals surface area contributed by atoms with Crippen molar-refractivity contribution in [3.05, 3.63) is 47.5 Å². The summed E-state index contributed by atoms with van der Waals surface area (Å²) in [5.41, 5.74) is 1.18.